The molecule has 1 heterocycles. The van der Waals surface area contributed by atoms with E-state index in [1.54, 1.807) is 6.07 Å². The minimum atomic E-state index is -0.909. The highest BCUT2D eigenvalue weighted by atomic mass is 79.9. The van der Waals surface area contributed by atoms with Gasteiger partial charge in [-0.2, -0.15) is 10.2 Å². The standard InChI is InChI=1S/C10H2BrClF2N2O/c11-9-7(3-15)16-10(17-9)8-5(12)1-4(13)2-6(8)14/h1-2H. The van der Waals surface area contributed by atoms with Gasteiger partial charge in [-0.3, -0.25) is 0 Å². The summed E-state index contributed by atoms with van der Waals surface area (Å²) in [6.07, 6.45) is 0. The minimum absolute atomic E-state index is 0.0419. The molecule has 0 aliphatic rings. The van der Waals surface area contributed by atoms with Crippen LogP contribution in [0.2, 0.25) is 5.02 Å². The van der Waals surface area contributed by atoms with Crippen LogP contribution in [0.3, 0.4) is 0 Å². The topological polar surface area (TPSA) is 49.8 Å². The van der Waals surface area contributed by atoms with E-state index in [0.717, 1.165) is 6.07 Å². The Balaban J connectivity index is 2.65. The van der Waals surface area contributed by atoms with E-state index in [1.807, 2.05) is 0 Å². The van der Waals surface area contributed by atoms with Gasteiger partial charge < -0.3 is 4.42 Å². The Bertz CT molecular complexity index is 613. The largest absolute Gasteiger partial charge is 0.428 e. The molecule has 0 spiro atoms. The first-order chi connectivity index (χ1) is 8.02. The number of nitriles is 1. The molecule has 1 aromatic carbocycles. The molecular formula is C10H2BrClF2N2O. The second kappa shape index (κ2) is 4.43. The molecule has 2 rings (SSSR count). The van der Waals surface area contributed by atoms with E-state index >= 15 is 0 Å². The molecule has 86 valence electrons. The SMILES string of the molecule is N#Cc1nc(-c2c(F)cc(F)cc2Cl)oc1Br. The van der Waals surface area contributed by atoms with Crippen molar-refractivity contribution in [3.05, 3.63) is 39.2 Å². The van der Waals surface area contributed by atoms with E-state index in [4.69, 9.17) is 21.3 Å². The van der Waals surface area contributed by atoms with Crippen LogP contribution in [0.5, 0.6) is 0 Å². The molecule has 0 fully saturated rings. The maximum atomic E-state index is 13.5. The van der Waals surface area contributed by atoms with E-state index in [0.29, 0.717) is 6.07 Å². The Labute approximate surface area is 108 Å². The maximum Gasteiger partial charge on any atom is 0.233 e. The summed E-state index contributed by atoms with van der Waals surface area (Å²) >= 11 is 8.64. The number of rotatable bonds is 1. The van der Waals surface area contributed by atoms with Crippen molar-refractivity contribution < 1.29 is 13.2 Å². The summed E-state index contributed by atoms with van der Waals surface area (Å²) in [5.74, 6) is -1.90. The molecule has 0 aliphatic carbocycles. The van der Waals surface area contributed by atoms with Gasteiger partial charge in [0.25, 0.3) is 0 Å². The lowest BCUT2D eigenvalue weighted by Crippen LogP contribution is -1.89. The van der Waals surface area contributed by atoms with Crippen molar-refractivity contribution in [3.63, 3.8) is 0 Å². The number of nitrogens with zero attached hydrogens (tertiary/aromatic N) is 2. The highest BCUT2D eigenvalue weighted by Crippen LogP contribution is 2.33. The Morgan fingerprint density at radius 3 is 2.65 bits per heavy atom. The van der Waals surface area contributed by atoms with E-state index in [-0.39, 0.29) is 26.8 Å². The van der Waals surface area contributed by atoms with Crippen LogP contribution in [-0.4, -0.2) is 4.98 Å². The molecule has 2 aromatic rings. The predicted molar refractivity (Wildman–Crippen MR) is 59.3 cm³/mol. The van der Waals surface area contributed by atoms with Crippen molar-refractivity contribution in [2.24, 2.45) is 0 Å². The third-order valence-corrected chi connectivity index (χ3v) is 2.75. The summed E-state index contributed by atoms with van der Waals surface area (Å²) in [5, 5.41) is 8.49. The summed E-state index contributed by atoms with van der Waals surface area (Å²) in [7, 11) is 0. The number of benzene rings is 1. The van der Waals surface area contributed by atoms with Crippen molar-refractivity contribution in [2.75, 3.05) is 0 Å². The minimum Gasteiger partial charge on any atom is -0.428 e. The summed E-state index contributed by atoms with van der Waals surface area (Å²) < 4.78 is 31.5. The smallest absolute Gasteiger partial charge is 0.233 e. The van der Waals surface area contributed by atoms with Gasteiger partial charge in [0.15, 0.2) is 5.69 Å². The maximum absolute atomic E-state index is 13.5. The fourth-order valence-corrected chi connectivity index (χ4v) is 1.83. The summed E-state index contributed by atoms with van der Waals surface area (Å²) in [5.41, 5.74) is -0.227. The van der Waals surface area contributed by atoms with E-state index < -0.39 is 11.6 Å². The number of halogens is 4. The lowest BCUT2D eigenvalue weighted by Gasteiger charge is -2.01. The van der Waals surface area contributed by atoms with Gasteiger partial charge in [0.05, 0.1) is 10.6 Å². The van der Waals surface area contributed by atoms with Crippen LogP contribution in [0.15, 0.2) is 21.2 Å². The molecule has 0 atom stereocenters. The molecule has 0 amide bonds. The van der Waals surface area contributed by atoms with Gasteiger partial charge in [0.2, 0.25) is 10.6 Å². The second-order valence-electron chi connectivity index (χ2n) is 3.00. The van der Waals surface area contributed by atoms with Crippen LogP contribution in [-0.2, 0) is 0 Å². The van der Waals surface area contributed by atoms with Gasteiger partial charge in [-0.15, -0.1) is 0 Å². The van der Waals surface area contributed by atoms with Crippen molar-refractivity contribution in [3.8, 4) is 17.5 Å². The Morgan fingerprint density at radius 1 is 1.41 bits per heavy atom. The Morgan fingerprint density at radius 2 is 2.12 bits per heavy atom. The fraction of sp³-hybridized carbons (Fsp3) is 0. The fourth-order valence-electron chi connectivity index (χ4n) is 1.22. The molecule has 3 nitrogen and oxygen atoms in total. The summed E-state index contributed by atoms with van der Waals surface area (Å²) in [6.45, 7) is 0. The molecule has 7 heteroatoms. The average molecular weight is 319 g/mol. The zero-order valence-corrected chi connectivity index (χ0v) is 10.3. The average Bonchev–Trinajstić information content (AvgIpc) is 2.57. The first kappa shape index (κ1) is 12.0. The van der Waals surface area contributed by atoms with Crippen LogP contribution in [0.25, 0.3) is 11.5 Å². The van der Waals surface area contributed by atoms with Gasteiger partial charge in [0, 0.05) is 6.07 Å². The van der Waals surface area contributed by atoms with Crippen molar-refractivity contribution in [1.82, 2.24) is 4.98 Å². The van der Waals surface area contributed by atoms with E-state index in [2.05, 4.69) is 20.9 Å². The number of aromatic nitrogens is 1. The molecule has 0 radical (unpaired) electrons. The summed E-state index contributed by atoms with van der Waals surface area (Å²) in [6, 6.07) is 3.34. The van der Waals surface area contributed by atoms with Gasteiger partial charge in [-0.25, -0.2) is 8.78 Å². The van der Waals surface area contributed by atoms with Crippen LogP contribution < -0.4 is 0 Å². The Hall–Kier alpha value is -1.45. The molecule has 0 N–H and O–H groups in total. The molecule has 1 aromatic heterocycles. The van der Waals surface area contributed by atoms with Gasteiger partial charge in [-0.1, -0.05) is 11.6 Å². The van der Waals surface area contributed by atoms with Gasteiger partial charge in [-0.05, 0) is 22.0 Å². The van der Waals surface area contributed by atoms with Crippen molar-refractivity contribution in [1.29, 1.82) is 5.26 Å². The second-order valence-corrected chi connectivity index (χ2v) is 4.13. The summed E-state index contributed by atoms with van der Waals surface area (Å²) in [4.78, 5) is 3.73. The zero-order valence-electron chi connectivity index (χ0n) is 7.97. The number of hydrogen-bond donors (Lipinski definition) is 0. The first-order valence-corrected chi connectivity index (χ1v) is 5.41. The molecule has 0 unspecified atom stereocenters. The van der Waals surface area contributed by atoms with Gasteiger partial charge >= 0.3 is 0 Å². The lowest BCUT2D eigenvalue weighted by molar-refractivity contribution is 0.536. The molecule has 0 bridgehead atoms. The van der Waals surface area contributed by atoms with Crippen LogP contribution >= 0.6 is 27.5 Å². The normalized spacial score (nSPS) is 10.3. The van der Waals surface area contributed by atoms with Crippen molar-refractivity contribution >= 4 is 27.5 Å². The predicted octanol–water partition coefficient (Wildman–Crippen LogP) is 3.91. The molecule has 0 saturated carbocycles. The number of oxazole rings is 1. The van der Waals surface area contributed by atoms with E-state index in [9.17, 15) is 8.78 Å². The first-order valence-electron chi connectivity index (χ1n) is 4.24. The molecular weight excluding hydrogens is 317 g/mol. The molecule has 0 saturated heterocycles. The molecule has 0 aliphatic heterocycles. The third kappa shape index (κ3) is 2.16. The van der Waals surface area contributed by atoms with Gasteiger partial charge in [0.1, 0.15) is 17.7 Å². The number of hydrogen-bond acceptors (Lipinski definition) is 3. The third-order valence-electron chi connectivity index (χ3n) is 1.91. The van der Waals surface area contributed by atoms with Crippen LogP contribution in [0.1, 0.15) is 5.69 Å². The quantitative estimate of drug-likeness (QED) is 0.801. The lowest BCUT2D eigenvalue weighted by atomic mass is 10.2. The molecule has 17 heavy (non-hydrogen) atoms. The zero-order chi connectivity index (χ0) is 12.6. The van der Waals surface area contributed by atoms with Crippen LogP contribution in [0.4, 0.5) is 8.78 Å². The highest BCUT2D eigenvalue weighted by molar-refractivity contribution is 9.10. The van der Waals surface area contributed by atoms with Crippen LogP contribution in [0, 0.1) is 23.0 Å². The van der Waals surface area contributed by atoms with Crippen molar-refractivity contribution in [2.45, 2.75) is 0 Å². The van der Waals surface area contributed by atoms with E-state index in [1.165, 1.54) is 0 Å². The monoisotopic (exact) mass is 318 g/mol. The Kier molecular flexibility index (Phi) is 3.13. The highest BCUT2D eigenvalue weighted by Gasteiger charge is 2.19.